The number of nitro groups is 1. The summed E-state index contributed by atoms with van der Waals surface area (Å²) in [6.45, 7) is 4.96. The minimum Gasteiger partial charge on any atom is -0.259 e. The highest BCUT2D eigenvalue weighted by atomic mass is 32.2. The summed E-state index contributed by atoms with van der Waals surface area (Å²) < 4.78 is 26.1. The summed E-state index contributed by atoms with van der Waals surface area (Å²) in [5, 5.41) is 10.6. The van der Waals surface area contributed by atoms with Gasteiger partial charge < -0.3 is 0 Å². The summed E-state index contributed by atoms with van der Waals surface area (Å²) >= 11 is 0. The molecule has 0 N–H and O–H groups in total. The first kappa shape index (κ1) is 15.6. The van der Waals surface area contributed by atoms with Gasteiger partial charge in [0.2, 0.25) is 0 Å². The highest BCUT2D eigenvalue weighted by Gasteiger charge is 2.30. The van der Waals surface area contributed by atoms with Gasteiger partial charge in [-0.1, -0.05) is 24.8 Å². The Balaban J connectivity index is 2.44. The van der Waals surface area contributed by atoms with E-state index in [1.165, 1.54) is 31.3 Å². The van der Waals surface area contributed by atoms with Crippen LogP contribution in [0.25, 0.3) is 0 Å². The molecule has 0 unspecified atom stereocenters. The molecule has 22 heavy (non-hydrogen) atoms. The zero-order chi connectivity index (χ0) is 16.3. The van der Waals surface area contributed by atoms with Crippen LogP contribution in [0.1, 0.15) is 6.92 Å². The summed E-state index contributed by atoms with van der Waals surface area (Å²) in [6, 6.07) is 7.83. The van der Waals surface area contributed by atoms with Gasteiger partial charge in [0.1, 0.15) is 6.20 Å². The Kier molecular flexibility index (Phi) is 4.22. The Bertz CT molecular complexity index is 808. The van der Waals surface area contributed by atoms with E-state index >= 15 is 0 Å². The molecular formula is C14H13N3O4S. The summed E-state index contributed by atoms with van der Waals surface area (Å²) in [5.74, 6) is 0.0325. The van der Waals surface area contributed by atoms with Crippen molar-refractivity contribution >= 4 is 15.9 Å². The van der Waals surface area contributed by atoms with E-state index in [0.29, 0.717) is 5.57 Å². The van der Waals surface area contributed by atoms with Gasteiger partial charge in [-0.05, 0) is 18.2 Å². The van der Waals surface area contributed by atoms with Crippen LogP contribution in [0.4, 0.5) is 0 Å². The van der Waals surface area contributed by atoms with Gasteiger partial charge in [0.25, 0.3) is 15.7 Å². The van der Waals surface area contributed by atoms with Crippen molar-refractivity contribution in [2.24, 2.45) is 4.99 Å². The van der Waals surface area contributed by atoms with Crippen LogP contribution >= 0.6 is 0 Å². The van der Waals surface area contributed by atoms with Crippen molar-refractivity contribution in [2.75, 3.05) is 0 Å². The Morgan fingerprint density at radius 2 is 2.00 bits per heavy atom. The molecule has 1 aliphatic rings. The molecule has 0 aromatic heterocycles. The predicted octanol–water partition coefficient (Wildman–Crippen LogP) is 2.30. The lowest BCUT2D eigenvalue weighted by molar-refractivity contribution is -0.424. The summed E-state index contributed by atoms with van der Waals surface area (Å²) in [7, 11) is -3.83. The van der Waals surface area contributed by atoms with Crippen LogP contribution < -0.4 is 0 Å². The first-order chi connectivity index (χ1) is 10.3. The number of aliphatic imine (C=N–C) groups is 1. The maximum absolute atomic E-state index is 12.6. The van der Waals surface area contributed by atoms with Gasteiger partial charge in [-0.25, -0.2) is 17.7 Å². The normalized spacial score (nSPS) is 17.3. The molecule has 0 amide bonds. The van der Waals surface area contributed by atoms with Gasteiger partial charge in [-0.3, -0.25) is 10.1 Å². The molecule has 1 aromatic carbocycles. The van der Waals surface area contributed by atoms with Crippen molar-refractivity contribution in [1.29, 1.82) is 0 Å². The second-order valence-electron chi connectivity index (χ2n) is 4.44. The largest absolute Gasteiger partial charge is 0.269 e. The third kappa shape index (κ3) is 2.96. The van der Waals surface area contributed by atoms with Crippen molar-refractivity contribution in [1.82, 2.24) is 4.31 Å². The lowest BCUT2D eigenvalue weighted by Crippen LogP contribution is -2.29. The zero-order valence-electron chi connectivity index (χ0n) is 11.7. The molecule has 0 fully saturated rings. The van der Waals surface area contributed by atoms with Crippen LogP contribution in [0.15, 0.2) is 76.5 Å². The maximum Gasteiger partial charge on any atom is 0.269 e. The average Bonchev–Trinajstić information content (AvgIpc) is 2.87. The maximum atomic E-state index is 12.6. The fraction of sp³-hybridized carbons (Fsp3) is 0.0714. The van der Waals surface area contributed by atoms with Crippen LogP contribution in [0, 0.1) is 10.1 Å². The van der Waals surface area contributed by atoms with Crippen molar-refractivity contribution in [3.63, 3.8) is 0 Å². The Morgan fingerprint density at radius 3 is 2.59 bits per heavy atom. The van der Waals surface area contributed by atoms with Gasteiger partial charge in [0.15, 0.2) is 5.84 Å². The molecule has 0 bridgehead atoms. The molecule has 1 aliphatic heterocycles. The molecule has 1 heterocycles. The summed E-state index contributed by atoms with van der Waals surface area (Å²) in [4.78, 5) is 14.0. The second-order valence-corrected chi connectivity index (χ2v) is 6.25. The Morgan fingerprint density at radius 1 is 1.36 bits per heavy atom. The van der Waals surface area contributed by atoms with E-state index in [4.69, 9.17) is 0 Å². The lowest BCUT2D eigenvalue weighted by Gasteiger charge is -2.17. The SMILES string of the molecule is C=C1C=CN(S(=O)(=O)c2ccccc2)C1=N/C=C(\C)[N+](=O)[O-]. The van der Waals surface area contributed by atoms with Crippen molar-refractivity contribution in [2.45, 2.75) is 11.8 Å². The number of hydrogen-bond donors (Lipinski definition) is 0. The molecule has 0 atom stereocenters. The number of benzene rings is 1. The molecular weight excluding hydrogens is 306 g/mol. The zero-order valence-corrected chi connectivity index (χ0v) is 12.5. The van der Waals surface area contributed by atoms with Crippen molar-refractivity contribution in [3.05, 3.63) is 76.8 Å². The van der Waals surface area contributed by atoms with Crippen LogP contribution in [0.5, 0.6) is 0 Å². The third-order valence-corrected chi connectivity index (χ3v) is 4.55. The minimum atomic E-state index is -3.83. The smallest absolute Gasteiger partial charge is 0.259 e. The molecule has 2 rings (SSSR count). The molecule has 0 radical (unpaired) electrons. The first-order valence-corrected chi connectivity index (χ1v) is 7.64. The molecule has 8 heteroatoms. The molecule has 114 valence electrons. The van der Waals surface area contributed by atoms with E-state index in [2.05, 4.69) is 11.6 Å². The number of amidine groups is 1. The fourth-order valence-corrected chi connectivity index (χ4v) is 3.03. The van der Waals surface area contributed by atoms with E-state index in [1.54, 1.807) is 18.2 Å². The third-order valence-electron chi connectivity index (χ3n) is 2.87. The van der Waals surface area contributed by atoms with E-state index in [0.717, 1.165) is 10.5 Å². The number of hydrogen-bond acceptors (Lipinski definition) is 5. The monoisotopic (exact) mass is 319 g/mol. The topological polar surface area (TPSA) is 92.9 Å². The van der Waals surface area contributed by atoms with E-state index in [9.17, 15) is 18.5 Å². The van der Waals surface area contributed by atoms with Gasteiger partial charge >= 0.3 is 0 Å². The number of allylic oxidation sites excluding steroid dienone is 1. The van der Waals surface area contributed by atoms with Crippen LogP contribution in [0.2, 0.25) is 0 Å². The molecule has 7 nitrogen and oxygen atoms in total. The molecule has 0 aliphatic carbocycles. The van der Waals surface area contributed by atoms with Gasteiger partial charge in [0.05, 0.1) is 9.82 Å². The second kappa shape index (κ2) is 5.94. The van der Waals surface area contributed by atoms with E-state index in [-0.39, 0.29) is 16.4 Å². The first-order valence-electron chi connectivity index (χ1n) is 6.20. The molecule has 0 spiro atoms. The van der Waals surface area contributed by atoms with Crippen molar-refractivity contribution < 1.29 is 13.3 Å². The number of sulfonamides is 1. The minimum absolute atomic E-state index is 0.0325. The van der Waals surface area contributed by atoms with Crippen LogP contribution in [0.3, 0.4) is 0 Å². The highest BCUT2D eigenvalue weighted by molar-refractivity contribution is 7.89. The summed E-state index contributed by atoms with van der Waals surface area (Å²) in [6.07, 6.45) is 3.80. The summed E-state index contributed by atoms with van der Waals surface area (Å²) in [5.41, 5.74) is 0.149. The quantitative estimate of drug-likeness (QED) is 0.628. The standard InChI is InChI=1S/C14H13N3O4S/c1-11-8-9-16(14(11)15-10-12(2)17(18)19)22(20,21)13-6-4-3-5-7-13/h3-10H,1H2,2H3/b12-10+,15-14?. The van der Waals surface area contributed by atoms with E-state index in [1.807, 2.05) is 0 Å². The Labute approximate surface area is 127 Å². The van der Waals surface area contributed by atoms with Gasteiger partial charge in [0, 0.05) is 18.7 Å². The van der Waals surface area contributed by atoms with Gasteiger partial charge in [-0.15, -0.1) is 0 Å². The van der Waals surface area contributed by atoms with Crippen molar-refractivity contribution in [3.8, 4) is 0 Å². The van der Waals surface area contributed by atoms with E-state index < -0.39 is 14.9 Å². The molecule has 0 saturated heterocycles. The molecule has 1 aromatic rings. The fourth-order valence-electron chi connectivity index (χ4n) is 1.69. The lowest BCUT2D eigenvalue weighted by atomic mass is 10.3. The van der Waals surface area contributed by atoms with Crippen LogP contribution in [-0.4, -0.2) is 23.5 Å². The Hall–Kier alpha value is -2.74. The average molecular weight is 319 g/mol. The predicted molar refractivity (Wildman–Crippen MR) is 81.9 cm³/mol. The van der Waals surface area contributed by atoms with Crippen LogP contribution in [-0.2, 0) is 10.0 Å². The number of rotatable bonds is 4. The van der Waals surface area contributed by atoms with Gasteiger partial charge in [-0.2, -0.15) is 0 Å². The molecule has 0 saturated carbocycles. The number of nitrogens with zero attached hydrogens (tertiary/aromatic N) is 3. The highest BCUT2D eigenvalue weighted by Crippen LogP contribution is 2.23.